The molecule has 0 unspecified atom stereocenters. The zero-order chi connectivity index (χ0) is 15.9. The van der Waals surface area contributed by atoms with Gasteiger partial charge in [0.1, 0.15) is 12.1 Å². The summed E-state index contributed by atoms with van der Waals surface area (Å²) in [4.78, 5) is 34.5. The maximum absolute atomic E-state index is 12.1. The van der Waals surface area contributed by atoms with Crippen LogP contribution in [0.5, 0.6) is 0 Å². The minimum absolute atomic E-state index is 0.138. The number of rotatable bonds is 7. The maximum Gasteiger partial charge on any atom is 0.243 e. The standard InChI is InChI=1S/C13H22N4O3/c1-7(2)11(16-9(4)18)13(20)17-10(12(15)19)5-8(3)6-14/h7-8,10-11H,5H2,1-4H3,(H2,15,19)(H,16,18)(H,17,20)/t8-,10-,11+/m0/s1. The van der Waals surface area contributed by atoms with Gasteiger partial charge in [0, 0.05) is 12.8 Å². The highest BCUT2D eigenvalue weighted by atomic mass is 16.2. The van der Waals surface area contributed by atoms with Gasteiger partial charge in [-0.1, -0.05) is 13.8 Å². The number of amides is 3. The molecule has 0 aliphatic heterocycles. The SMILES string of the molecule is CC(=O)N[C@@H](C(=O)N[C@@H](C[C@H](C)C#N)C(N)=O)C(C)C. The lowest BCUT2D eigenvalue weighted by molar-refractivity contribution is -0.132. The highest BCUT2D eigenvalue weighted by molar-refractivity contribution is 5.91. The van der Waals surface area contributed by atoms with Gasteiger partial charge in [-0.2, -0.15) is 5.26 Å². The zero-order valence-electron chi connectivity index (χ0n) is 12.3. The van der Waals surface area contributed by atoms with E-state index in [1.807, 2.05) is 6.07 Å². The van der Waals surface area contributed by atoms with E-state index in [9.17, 15) is 14.4 Å². The van der Waals surface area contributed by atoms with Crippen LogP contribution in [0, 0.1) is 23.2 Å². The largest absolute Gasteiger partial charge is 0.368 e. The molecule has 0 heterocycles. The topological polar surface area (TPSA) is 125 Å². The van der Waals surface area contributed by atoms with Crippen LogP contribution < -0.4 is 16.4 Å². The van der Waals surface area contributed by atoms with Crippen LogP contribution in [0.2, 0.25) is 0 Å². The Morgan fingerprint density at radius 2 is 1.75 bits per heavy atom. The second-order valence-electron chi connectivity index (χ2n) is 5.15. The van der Waals surface area contributed by atoms with Gasteiger partial charge in [0.05, 0.1) is 6.07 Å². The summed E-state index contributed by atoms with van der Waals surface area (Å²) in [6.45, 7) is 6.50. The molecule has 0 rings (SSSR count). The Morgan fingerprint density at radius 3 is 2.10 bits per heavy atom. The molecule has 0 aliphatic rings. The van der Waals surface area contributed by atoms with Crippen LogP contribution in [-0.2, 0) is 14.4 Å². The Labute approximate surface area is 118 Å². The minimum atomic E-state index is -0.924. The van der Waals surface area contributed by atoms with Crippen molar-refractivity contribution >= 4 is 17.7 Å². The van der Waals surface area contributed by atoms with Gasteiger partial charge >= 0.3 is 0 Å². The fourth-order valence-electron chi connectivity index (χ4n) is 1.67. The molecule has 0 bridgehead atoms. The van der Waals surface area contributed by atoms with Crippen LogP contribution in [-0.4, -0.2) is 29.8 Å². The molecule has 0 radical (unpaired) electrons. The molecule has 3 atom stereocenters. The smallest absolute Gasteiger partial charge is 0.243 e. The van der Waals surface area contributed by atoms with E-state index in [0.29, 0.717) is 0 Å². The van der Waals surface area contributed by atoms with E-state index >= 15 is 0 Å². The molecule has 0 saturated carbocycles. The lowest BCUT2D eigenvalue weighted by Crippen LogP contribution is -2.54. The van der Waals surface area contributed by atoms with Crippen LogP contribution in [0.1, 0.15) is 34.1 Å². The highest BCUT2D eigenvalue weighted by Crippen LogP contribution is 2.07. The van der Waals surface area contributed by atoms with Gasteiger partial charge in [0.2, 0.25) is 17.7 Å². The summed E-state index contributed by atoms with van der Waals surface area (Å²) in [5.74, 6) is -2.07. The minimum Gasteiger partial charge on any atom is -0.368 e. The fraction of sp³-hybridized carbons (Fsp3) is 0.692. The average molecular weight is 282 g/mol. The van der Waals surface area contributed by atoms with Crippen molar-refractivity contribution in [2.75, 3.05) is 0 Å². The lowest BCUT2D eigenvalue weighted by Gasteiger charge is -2.24. The van der Waals surface area contributed by atoms with Crippen LogP contribution >= 0.6 is 0 Å². The van der Waals surface area contributed by atoms with E-state index in [0.717, 1.165) is 0 Å². The summed E-state index contributed by atoms with van der Waals surface area (Å²) in [5, 5.41) is 13.8. The Balaban J connectivity index is 4.84. The van der Waals surface area contributed by atoms with E-state index in [4.69, 9.17) is 11.0 Å². The molecule has 0 aromatic heterocycles. The third kappa shape index (κ3) is 6.18. The van der Waals surface area contributed by atoms with E-state index in [1.54, 1.807) is 20.8 Å². The van der Waals surface area contributed by atoms with Crippen molar-refractivity contribution in [1.82, 2.24) is 10.6 Å². The number of nitriles is 1. The summed E-state index contributed by atoms with van der Waals surface area (Å²) in [6, 6.07) is 0.311. The van der Waals surface area contributed by atoms with E-state index in [-0.39, 0.29) is 18.2 Å². The molecular weight excluding hydrogens is 260 g/mol. The number of primary amides is 1. The van der Waals surface area contributed by atoms with Crippen LogP contribution in [0.4, 0.5) is 0 Å². The molecule has 0 aromatic carbocycles. The van der Waals surface area contributed by atoms with Gasteiger partial charge in [-0.25, -0.2) is 0 Å². The van der Waals surface area contributed by atoms with Crippen molar-refractivity contribution < 1.29 is 14.4 Å². The van der Waals surface area contributed by atoms with Gasteiger partial charge in [-0.3, -0.25) is 14.4 Å². The lowest BCUT2D eigenvalue weighted by atomic mass is 10.00. The zero-order valence-corrected chi connectivity index (χ0v) is 12.3. The first-order chi connectivity index (χ1) is 9.18. The number of carbonyl (C=O) groups is 3. The van der Waals surface area contributed by atoms with Gasteiger partial charge in [-0.05, 0) is 19.3 Å². The second kappa shape index (κ2) is 8.15. The molecule has 0 aliphatic carbocycles. The summed E-state index contributed by atoms with van der Waals surface area (Å²) in [6.07, 6.45) is 0.141. The molecule has 4 N–H and O–H groups in total. The van der Waals surface area contributed by atoms with E-state index in [1.165, 1.54) is 6.92 Å². The summed E-state index contributed by atoms with van der Waals surface area (Å²) in [7, 11) is 0. The molecule has 7 nitrogen and oxygen atoms in total. The quantitative estimate of drug-likeness (QED) is 0.591. The number of nitrogens with one attached hydrogen (secondary N) is 2. The number of nitrogens with zero attached hydrogens (tertiary/aromatic N) is 1. The summed E-state index contributed by atoms with van der Waals surface area (Å²) in [5.41, 5.74) is 5.22. The number of carbonyl (C=O) groups excluding carboxylic acids is 3. The van der Waals surface area contributed by atoms with Crippen molar-refractivity contribution in [3.05, 3.63) is 0 Å². The summed E-state index contributed by atoms with van der Waals surface area (Å²) < 4.78 is 0. The van der Waals surface area contributed by atoms with Crippen molar-refractivity contribution in [2.45, 2.75) is 46.2 Å². The Hall–Kier alpha value is -2.10. The third-order valence-electron chi connectivity index (χ3n) is 2.78. The Morgan fingerprint density at radius 1 is 1.20 bits per heavy atom. The number of nitrogens with two attached hydrogens (primary N) is 1. The predicted molar refractivity (Wildman–Crippen MR) is 73.0 cm³/mol. The third-order valence-corrected chi connectivity index (χ3v) is 2.78. The second-order valence-corrected chi connectivity index (χ2v) is 5.15. The average Bonchev–Trinajstić information content (AvgIpc) is 2.33. The van der Waals surface area contributed by atoms with Gasteiger partial charge in [0.15, 0.2) is 0 Å². The van der Waals surface area contributed by atoms with E-state index in [2.05, 4.69) is 10.6 Å². The molecule has 112 valence electrons. The molecule has 0 saturated heterocycles. The fourth-order valence-corrected chi connectivity index (χ4v) is 1.67. The Kier molecular flexibility index (Phi) is 7.29. The first-order valence-electron chi connectivity index (χ1n) is 6.45. The first kappa shape index (κ1) is 17.9. The van der Waals surface area contributed by atoms with Crippen molar-refractivity contribution in [2.24, 2.45) is 17.6 Å². The molecule has 20 heavy (non-hydrogen) atoms. The molecule has 0 aromatic rings. The van der Waals surface area contributed by atoms with Crippen LogP contribution in [0.15, 0.2) is 0 Å². The summed E-state index contributed by atoms with van der Waals surface area (Å²) >= 11 is 0. The van der Waals surface area contributed by atoms with Crippen LogP contribution in [0.25, 0.3) is 0 Å². The Bertz CT molecular complexity index is 414. The van der Waals surface area contributed by atoms with E-state index < -0.39 is 29.8 Å². The predicted octanol–water partition coefficient (Wildman–Crippen LogP) is -0.333. The van der Waals surface area contributed by atoms with Crippen molar-refractivity contribution in [1.29, 1.82) is 5.26 Å². The van der Waals surface area contributed by atoms with Gasteiger partial charge in [-0.15, -0.1) is 0 Å². The van der Waals surface area contributed by atoms with Crippen molar-refractivity contribution in [3.63, 3.8) is 0 Å². The van der Waals surface area contributed by atoms with Crippen molar-refractivity contribution in [3.8, 4) is 6.07 Å². The molecule has 0 spiro atoms. The number of hydrogen-bond donors (Lipinski definition) is 3. The molecule has 3 amide bonds. The van der Waals surface area contributed by atoms with Crippen LogP contribution in [0.3, 0.4) is 0 Å². The molecular formula is C13H22N4O3. The number of hydrogen-bond acceptors (Lipinski definition) is 4. The van der Waals surface area contributed by atoms with Gasteiger partial charge < -0.3 is 16.4 Å². The normalized spacial score (nSPS) is 14.8. The molecule has 7 heteroatoms. The first-order valence-corrected chi connectivity index (χ1v) is 6.45. The van der Waals surface area contributed by atoms with Gasteiger partial charge in [0.25, 0.3) is 0 Å². The molecule has 0 fully saturated rings. The monoisotopic (exact) mass is 282 g/mol. The maximum atomic E-state index is 12.1. The highest BCUT2D eigenvalue weighted by Gasteiger charge is 2.27.